The Labute approximate surface area is 192 Å². The average molecular weight is 445 g/mol. The number of hydrogen-bond acceptors (Lipinski definition) is 3. The topological polar surface area (TPSA) is 51.0 Å². The molecular formula is C26H25ClN4O. The van der Waals surface area contributed by atoms with Gasteiger partial charge in [-0.15, -0.1) is 0 Å². The number of halogens is 1. The molecule has 1 fully saturated rings. The van der Waals surface area contributed by atoms with E-state index in [1.807, 2.05) is 72.1 Å². The Balaban J connectivity index is 1.35. The Kier molecular flexibility index (Phi) is 5.43. The Morgan fingerprint density at radius 1 is 1.09 bits per heavy atom. The van der Waals surface area contributed by atoms with Crippen molar-refractivity contribution in [3.63, 3.8) is 0 Å². The summed E-state index contributed by atoms with van der Waals surface area (Å²) in [6, 6.07) is 17.9. The summed E-state index contributed by atoms with van der Waals surface area (Å²) in [5, 5.41) is 0.741. The van der Waals surface area contributed by atoms with Gasteiger partial charge in [0.1, 0.15) is 5.82 Å². The minimum absolute atomic E-state index is 0.00764. The summed E-state index contributed by atoms with van der Waals surface area (Å²) >= 11 is 5.98. The highest BCUT2D eigenvalue weighted by atomic mass is 35.5. The number of likely N-dealkylation sites (tertiary alicyclic amines) is 1. The number of amides is 1. The van der Waals surface area contributed by atoms with Crippen molar-refractivity contribution in [1.29, 1.82) is 0 Å². The van der Waals surface area contributed by atoms with Crippen molar-refractivity contribution in [2.75, 3.05) is 6.54 Å². The van der Waals surface area contributed by atoms with Gasteiger partial charge in [-0.2, -0.15) is 0 Å². The van der Waals surface area contributed by atoms with Crippen molar-refractivity contribution in [3.05, 3.63) is 94.0 Å². The molecule has 5 nitrogen and oxygen atoms in total. The second kappa shape index (κ2) is 8.40. The second-order valence-electron chi connectivity index (χ2n) is 8.47. The van der Waals surface area contributed by atoms with Crippen LogP contribution >= 0.6 is 11.6 Å². The lowest BCUT2D eigenvalue weighted by molar-refractivity contribution is 0.0733. The first-order valence-electron chi connectivity index (χ1n) is 10.9. The van der Waals surface area contributed by atoms with Gasteiger partial charge >= 0.3 is 0 Å². The molecule has 1 aliphatic rings. The van der Waals surface area contributed by atoms with E-state index in [0.29, 0.717) is 5.56 Å². The summed E-state index contributed by atoms with van der Waals surface area (Å²) in [6.07, 6.45) is 4.64. The van der Waals surface area contributed by atoms with E-state index in [0.717, 1.165) is 58.9 Å². The van der Waals surface area contributed by atoms with Crippen LogP contribution in [0.2, 0.25) is 5.02 Å². The third kappa shape index (κ3) is 3.89. The Morgan fingerprint density at radius 3 is 2.62 bits per heavy atom. The quantitative estimate of drug-likeness (QED) is 0.417. The highest BCUT2D eigenvalue weighted by Gasteiger charge is 2.31. The lowest BCUT2D eigenvalue weighted by Gasteiger charge is -2.24. The highest BCUT2D eigenvalue weighted by Crippen LogP contribution is 2.32. The fourth-order valence-electron chi connectivity index (χ4n) is 4.51. The minimum atomic E-state index is 0.00764. The van der Waals surface area contributed by atoms with Gasteiger partial charge < -0.3 is 9.47 Å². The molecule has 0 aliphatic carbocycles. The number of carbonyl (C=O) groups is 1. The summed E-state index contributed by atoms with van der Waals surface area (Å²) in [5.41, 5.74) is 5.86. The molecule has 2 aromatic heterocycles. The largest absolute Gasteiger partial charge is 0.331 e. The van der Waals surface area contributed by atoms with E-state index in [9.17, 15) is 4.79 Å². The zero-order valence-corrected chi connectivity index (χ0v) is 19.0. The van der Waals surface area contributed by atoms with Crippen molar-refractivity contribution in [1.82, 2.24) is 19.4 Å². The number of fused-ring (bicyclic) bond motifs is 1. The monoisotopic (exact) mass is 444 g/mol. The van der Waals surface area contributed by atoms with E-state index in [1.54, 1.807) is 0 Å². The lowest BCUT2D eigenvalue weighted by Crippen LogP contribution is -2.31. The molecule has 0 saturated carbocycles. The zero-order chi connectivity index (χ0) is 22.2. The number of aryl methyl sites for hydroxylation is 2. The number of hydrogen-bond donors (Lipinski definition) is 0. The molecule has 0 N–H and O–H groups in total. The predicted octanol–water partition coefficient (Wildman–Crippen LogP) is 5.50. The van der Waals surface area contributed by atoms with Gasteiger partial charge in [0.25, 0.3) is 5.91 Å². The van der Waals surface area contributed by atoms with E-state index in [2.05, 4.69) is 17.1 Å². The van der Waals surface area contributed by atoms with Gasteiger partial charge in [-0.1, -0.05) is 29.8 Å². The summed E-state index contributed by atoms with van der Waals surface area (Å²) in [6.45, 7) is 2.72. The number of rotatable bonds is 4. The van der Waals surface area contributed by atoms with Crippen LogP contribution in [0.4, 0.5) is 0 Å². The molecule has 4 aromatic rings. The van der Waals surface area contributed by atoms with Gasteiger partial charge in [-0.3, -0.25) is 9.78 Å². The number of aromatic nitrogens is 3. The number of carbonyl (C=O) groups excluding carboxylic acids is 1. The van der Waals surface area contributed by atoms with Crippen LogP contribution in [0.15, 0.2) is 60.8 Å². The van der Waals surface area contributed by atoms with Crippen LogP contribution in [0.3, 0.4) is 0 Å². The lowest BCUT2D eigenvalue weighted by atomic mass is 10.0. The molecule has 1 aliphatic heterocycles. The number of imidazole rings is 1. The second-order valence-corrected chi connectivity index (χ2v) is 8.91. The first-order valence-corrected chi connectivity index (χ1v) is 11.3. The predicted molar refractivity (Wildman–Crippen MR) is 127 cm³/mol. The third-order valence-corrected chi connectivity index (χ3v) is 6.63. The molecule has 162 valence electrons. The van der Waals surface area contributed by atoms with E-state index >= 15 is 0 Å². The molecule has 3 heterocycles. The van der Waals surface area contributed by atoms with Crippen LogP contribution in [0.25, 0.3) is 11.0 Å². The summed E-state index contributed by atoms with van der Waals surface area (Å²) < 4.78 is 2.04. The molecule has 5 rings (SSSR count). The molecule has 1 atom stereocenters. The highest BCUT2D eigenvalue weighted by molar-refractivity contribution is 6.30. The van der Waals surface area contributed by atoms with Crippen LogP contribution in [-0.4, -0.2) is 31.9 Å². The summed E-state index contributed by atoms with van der Waals surface area (Å²) in [7, 11) is 1.99. The van der Waals surface area contributed by atoms with E-state index in [1.165, 1.54) is 5.56 Å². The van der Waals surface area contributed by atoms with Crippen LogP contribution < -0.4 is 0 Å². The molecule has 32 heavy (non-hydrogen) atoms. The average Bonchev–Trinajstić information content (AvgIpc) is 3.40. The molecule has 1 saturated heterocycles. The Morgan fingerprint density at radius 2 is 1.88 bits per heavy atom. The zero-order valence-electron chi connectivity index (χ0n) is 18.3. The Bertz CT molecular complexity index is 1280. The molecule has 0 spiro atoms. The van der Waals surface area contributed by atoms with Gasteiger partial charge in [0.05, 0.1) is 22.8 Å². The number of pyridine rings is 1. The van der Waals surface area contributed by atoms with Gasteiger partial charge in [0.2, 0.25) is 0 Å². The molecule has 1 unspecified atom stereocenters. The fraction of sp³-hybridized carbons (Fsp3) is 0.269. The molecule has 6 heteroatoms. The fourth-order valence-corrected chi connectivity index (χ4v) is 4.64. The van der Waals surface area contributed by atoms with E-state index in [-0.39, 0.29) is 11.9 Å². The van der Waals surface area contributed by atoms with Gasteiger partial charge in [0.15, 0.2) is 0 Å². The van der Waals surface area contributed by atoms with E-state index < -0.39 is 0 Å². The van der Waals surface area contributed by atoms with Crippen molar-refractivity contribution in [2.24, 2.45) is 7.05 Å². The van der Waals surface area contributed by atoms with Crippen LogP contribution in [0.1, 0.15) is 51.9 Å². The molecule has 0 bridgehead atoms. The molecular weight excluding hydrogens is 420 g/mol. The van der Waals surface area contributed by atoms with Crippen molar-refractivity contribution in [3.8, 4) is 0 Å². The SMILES string of the molecule is Cc1nc2cc(C(=O)N3CCCC3c3ccc(Cc4ccc(Cl)cc4)cn3)ccc2n1C. The molecule has 1 amide bonds. The van der Waals surface area contributed by atoms with Crippen LogP contribution in [0, 0.1) is 6.92 Å². The standard InChI is InChI=1S/C26H25ClN4O/c1-17-29-23-15-20(8-12-24(23)30(17)2)26(32)31-13-3-4-25(31)22-11-7-19(16-28-22)14-18-5-9-21(27)10-6-18/h5-12,15-16,25H,3-4,13-14H2,1-2H3. The third-order valence-electron chi connectivity index (χ3n) is 6.38. The van der Waals surface area contributed by atoms with Crippen molar-refractivity contribution in [2.45, 2.75) is 32.2 Å². The summed E-state index contributed by atoms with van der Waals surface area (Å²) in [4.78, 5) is 24.6. The van der Waals surface area contributed by atoms with Crippen molar-refractivity contribution >= 4 is 28.5 Å². The van der Waals surface area contributed by atoms with E-state index in [4.69, 9.17) is 16.6 Å². The summed E-state index contributed by atoms with van der Waals surface area (Å²) in [5.74, 6) is 0.983. The smallest absolute Gasteiger partial charge is 0.254 e. The maximum atomic E-state index is 13.4. The molecule has 2 aromatic carbocycles. The first kappa shape index (κ1) is 20.7. The van der Waals surface area contributed by atoms with Gasteiger partial charge in [0, 0.05) is 30.4 Å². The maximum Gasteiger partial charge on any atom is 0.254 e. The Hall–Kier alpha value is -3.18. The van der Waals surface area contributed by atoms with Gasteiger partial charge in [-0.25, -0.2) is 4.98 Å². The number of benzene rings is 2. The first-order chi connectivity index (χ1) is 15.5. The minimum Gasteiger partial charge on any atom is -0.331 e. The number of nitrogens with zero attached hydrogens (tertiary/aromatic N) is 4. The molecule has 0 radical (unpaired) electrons. The normalized spacial score (nSPS) is 16.1. The van der Waals surface area contributed by atoms with Crippen LogP contribution in [0.5, 0.6) is 0 Å². The van der Waals surface area contributed by atoms with Crippen molar-refractivity contribution < 1.29 is 4.79 Å². The van der Waals surface area contributed by atoms with Gasteiger partial charge in [-0.05, 0) is 73.7 Å². The maximum absolute atomic E-state index is 13.4. The van der Waals surface area contributed by atoms with Crippen LogP contribution in [-0.2, 0) is 13.5 Å².